The second kappa shape index (κ2) is 5.42. The van der Waals surface area contributed by atoms with Crippen LogP contribution in [-0.2, 0) is 9.53 Å². The van der Waals surface area contributed by atoms with Gasteiger partial charge in [0.1, 0.15) is 6.61 Å². The largest absolute Gasteiger partial charge is 0.464 e. The van der Waals surface area contributed by atoms with Crippen molar-refractivity contribution in [3.8, 4) is 6.07 Å². The van der Waals surface area contributed by atoms with Crippen LogP contribution < -0.4 is 0 Å². The van der Waals surface area contributed by atoms with Crippen molar-refractivity contribution < 1.29 is 10.9 Å². The summed E-state index contributed by atoms with van der Waals surface area (Å²) >= 11 is 0. The van der Waals surface area contributed by atoms with Gasteiger partial charge in [-0.2, -0.15) is 5.26 Å². The van der Waals surface area contributed by atoms with Gasteiger partial charge in [-0.3, -0.25) is 4.79 Å². The first kappa shape index (κ1) is 7.73. The summed E-state index contributed by atoms with van der Waals surface area (Å²) in [5, 5.41) is 15.1. The number of nitrogens with one attached hydrogen (secondary N) is 1. The molecule has 0 bridgehead atoms. The quantitative estimate of drug-likeness (QED) is 0.372. The molecular formula is C7H10N2O2. The fourth-order valence-electron chi connectivity index (χ4n) is 0.416. The van der Waals surface area contributed by atoms with E-state index in [1.807, 2.05) is 0 Å². The molecule has 0 spiro atoms. The Kier molecular flexibility index (Phi) is 3.81. The van der Waals surface area contributed by atoms with Gasteiger partial charge < -0.3 is 10.1 Å². The van der Waals surface area contributed by atoms with Crippen molar-refractivity contribution in [3.63, 3.8) is 0 Å². The van der Waals surface area contributed by atoms with Crippen LogP contribution in [0.2, 0.25) is 0 Å². The van der Waals surface area contributed by atoms with Gasteiger partial charge in [0.25, 0.3) is 0 Å². The van der Waals surface area contributed by atoms with Gasteiger partial charge in [-0.25, -0.2) is 0 Å². The highest BCUT2D eigenvalue weighted by atomic mass is 16.5. The van der Waals surface area contributed by atoms with Crippen molar-refractivity contribution in [2.45, 2.75) is 19.7 Å². The molecule has 11 heavy (non-hydrogen) atoms. The Morgan fingerprint density at radius 1 is 1.91 bits per heavy atom. The Hall–Kier alpha value is -1.37. The molecule has 60 valence electrons. The summed E-state index contributed by atoms with van der Waals surface area (Å²) in [5.74, 6) is -0.766. The minimum absolute atomic E-state index is 0.00199. The molecule has 0 aliphatic carbocycles. The Morgan fingerprint density at radius 2 is 2.55 bits per heavy atom. The summed E-state index contributed by atoms with van der Waals surface area (Å²) in [5.41, 5.74) is -0.0584. The van der Waals surface area contributed by atoms with Crippen molar-refractivity contribution in [3.05, 3.63) is 0 Å². The lowest BCUT2D eigenvalue weighted by Crippen LogP contribution is -2.08. The molecule has 1 N–H and O–H groups in total. The topological polar surface area (TPSA) is 73.9 Å². The van der Waals surface area contributed by atoms with Crippen LogP contribution in [0.5, 0.6) is 0 Å². The Labute approximate surface area is 66.7 Å². The molecule has 0 aromatic rings. The number of esters is 1. The normalized spacial score (nSPS) is 12.5. The molecule has 4 heteroatoms. The van der Waals surface area contributed by atoms with Crippen LogP contribution in [0.25, 0.3) is 0 Å². The van der Waals surface area contributed by atoms with Crippen LogP contribution in [-0.4, -0.2) is 18.3 Å². The smallest absolute Gasteiger partial charge is 0.311 e. The molecule has 0 aliphatic rings. The summed E-state index contributed by atoms with van der Waals surface area (Å²) in [4.78, 5) is 10.8. The Bertz CT molecular complexity index is 222. The molecule has 0 aromatic heterocycles. The first-order valence-corrected chi connectivity index (χ1v) is 3.10. The first-order chi connectivity index (χ1) is 5.59. The molecular weight excluding hydrogens is 144 g/mol. The molecule has 0 rings (SSSR count). The van der Waals surface area contributed by atoms with Crippen molar-refractivity contribution in [2.75, 3.05) is 6.61 Å². The molecule has 0 aromatic carbocycles. The summed E-state index contributed by atoms with van der Waals surface area (Å²) in [6, 6.07) is 1.80. The van der Waals surface area contributed by atoms with E-state index in [0.717, 1.165) is 0 Å². The zero-order valence-corrected chi connectivity index (χ0v) is 6.26. The van der Waals surface area contributed by atoms with Crippen molar-refractivity contribution >= 4 is 11.7 Å². The van der Waals surface area contributed by atoms with Crippen molar-refractivity contribution in [1.29, 1.82) is 10.7 Å². The van der Waals surface area contributed by atoms with Gasteiger partial charge in [0.15, 0.2) is 0 Å². The maximum atomic E-state index is 10.8. The van der Waals surface area contributed by atoms with E-state index in [1.54, 1.807) is 6.07 Å². The molecule has 0 saturated carbocycles. The molecule has 0 aliphatic heterocycles. The Morgan fingerprint density at radius 3 is 3.00 bits per heavy atom. The summed E-state index contributed by atoms with van der Waals surface area (Å²) in [6.45, 7) is 1.36. The zero-order valence-electron chi connectivity index (χ0n) is 7.26. The average molecular weight is 155 g/mol. The molecule has 1 unspecified atom stereocenters. The highest BCUT2D eigenvalue weighted by molar-refractivity contribution is 5.95. The first-order valence-electron chi connectivity index (χ1n) is 3.68. The molecule has 0 heterocycles. The number of carbonyl (C=O) groups excluding carboxylic acids is 1. The predicted molar refractivity (Wildman–Crippen MR) is 39.2 cm³/mol. The third kappa shape index (κ3) is 6.52. The number of hydrogen-bond acceptors (Lipinski definition) is 4. The number of nitriles is 1. The van der Waals surface area contributed by atoms with E-state index < -0.39 is 12.4 Å². The van der Waals surface area contributed by atoms with Crippen molar-refractivity contribution in [2.24, 2.45) is 0 Å². The van der Waals surface area contributed by atoms with Crippen LogP contribution in [0.4, 0.5) is 0 Å². The summed E-state index contributed by atoms with van der Waals surface area (Å²) < 4.78 is 11.6. The minimum atomic E-state index is -1.25. The molecule has 0 amide bonds. The minimum Gasteiger partial charge on any atom is -0.464 e. The van der Waals surface area contributed by atoms with Gasteiger partial charge in [0, 0.05) is 7.08 Å². The number of carbonyl (C=O) groups is 1. The SMILES string of the molecule is [2H]C(C(C)=N)C(=O)OCCC#N. The fourth-order valence-corrected chi connectivity index (χ4v) is 0.416. The summed E-state index contributed by atoms with van der Waals surface area (Å²) in [7, 11) is 0. The molecule has 0 saturated heterocycles. The lowest BCUT2D eigenvalue weighted by atomic mass is 10.3. The van der Waals surface area contributed by atoms with Crippen LogP contribution in [0.15, 0.2) is 0 Å². The van der Waals surface area contributed by atoms with Crippen LogP contribution >= 0.6 is 0 Å². The molecule has 0 radical (unpaired) electrons. The number of ether oxygens (including phenoxy) is 1. The standard InChI is InChI=1S/C7H10N2O2/c1-6(9)5-7(10)11-4-2-3-8/h9H,2,4-5H2,1H3/i5D. The number of nitrogens with zero attached hydrogens (tertiary/aromatic N) is 1. The monoisotopic (exact) mass is 155 g/mol. The predicted octanol–water partition coefficient (Wildman–Crippen LogP) is 0.873. The van der Waals surface area contributed by atoms with E-state index in [9.17, 15) is 4.79 Å². The van der Waals surface area contributed by atoms with E-state index in [1.165, 1.54) is 6.92 Å². The van der Waals surface area contributed by atoms with E-state index in [0.29, 0.717) is 0 Å². The second-order valence-electron chi connectivity index (χ2n) is 1.90. The van der Waals surface area contributed by atoms with Gasteiger partial charge in [0.2, 0.25) is 0 Å². The highest BCUT2D eigenvalue weighted by Crippen LogP contribution is 1.89. The van der Waals surface area contributed by atoms with Gasteiger partial charge >= 0.3 is 5.97 Å². The lowest BCUT2D eigenvalue weighted by Gasteiger charge is -1.99. The third-order valence-corrected chi connectivity index (χ3v) is 0.793. The van der Waals surface area contributed by atoms with Gasteiger partial charge in [-0.15, -0.1) is 0 Å². The van der Waals surface area contributed by atoms with E-state index in [4.69, 9.17) is 12.0 Å². The van der Waals surface area contributed by atoms with E-state index in [-0.39, 0.29) is 18.7 Å². The lowest BCUT2D eigenvalue weighted by molar-refractivity contribution is -0.141. The van der Waals surface area contributed by atoms with Crippen LogP contribution in [0.1, 0.15) is 21.1 Å². The van der Waals surface area contributed by atoms with Gasteiger partial charge in [-0.05, 0) is 6.92 Å². The fraction of sp³-hybridized carbons (Fsp3) is 0.571. The van der Waals surface area contributed by atoms with E-state index in [2.05, 4.69) is 4.74 Å². The molecule has 1 atom stereocenters. The van der Waals surface area contributed by atoms with Crippen LogP contribution in [0.3, 0.4) is 0 Å². The summed E-state index contributed by atoms with van der Waals surface area (Å²) in [6.07, 6.45) is -1.13. The number of rotatable bonds is 4. The molecule has 4 nitrogen and oxygen atoms in total. The zero-order chi connectivity index (χ0) is 9.56. The highest BCUT2D eigenvalue weighted by Gasteiger charge is 2.02. The molecule has 0 fully saturated rings. The van der Waals surface area contributed by atoms with Crippen LogP contribution in [0, 0.1) is 16.7 Å². The second-order valence-corrected chi connectivity index (χ2v) is 1.90. The Balaban J connectivity index is 3.74. The maximum absolute atomic E-state index is 10.8. The van der Waals surface area contributed by atoms with Gasteiger partial charge in [0.05, 0.1) is 18.9 Å². The average Bonchev–Trinajstić information content (AvgIpc) is 2.03. The van der Waals surface area contributed by atoms with Gasteiger partial charge in [-0.1, -0.05) is 0 Å². The van der Waals surface area contributed by atoms with Crippen molar-refractivity contribution in [1.82, 2.24) is 0 Å². The number of hydrogen-bond donors (Lipinski definition) is 1. The van der Waals surface area contributed by atoms with E-state index >= 15 is 0 Å². The third-order valence-electron chi connectivity index (χ3n) is 0.793. The maximum Gasteiger partial charge on any atom is 0.311 e.